The minimum atomic E-state index is -0.277. The van der Waals surface area contributed by atoms with Crippen LogP contribution in [-0.2, 0) is 0 Å². The van der Waals surface area contributed by atoms with E-state index in [0.717, 1.165) is 34.0 Å². The Morgan fingerprint density at radius 3 is 2.54 bits per heavy atom. The van der Waals surface area contributed by atoms with Crippen molar-refractivity contribution < 1.29 is 9.13 Å². The molecule has 0 bridgehead atoms. The number of pyridine rings is 1. The number of hydrogen-bond donors (Lipinski definition) is 1. The molecule has 2 unspecified atom stereocenters. The standard InChI is InChI=1S/C27H24ClFN4OS/c1-16-13-21(17(2)32(16)19-8-6-7-18(29)14-19)26-25(23-9-4-5-12-30-23)31-27(35)33(26)20-10-11-24(34-3)22(28)15-20/h4-15,25-26H,1-3H3,(H,31,35). The highest BCUT2D eigenvalue weighted by atomic mass is 35.5. The Hall–Kier alpha value is -3.42. The summed E-state index contributed by atoms with van der Waals surface area (Å²) in [5.41, 5.74) is 5.53. The predicted molar refractivity (Wildman–Crippen MR) is 141 cm³/mol. The third kappa shape index (κ3) is 4.15. The first-order chi connectivity index (χ1) is 16.9. The Balaban J connectivity index is 1.68. The van der Waals surface area contributed by atoms with Gasteiger partial charge in [0.05, 0.1) is 29.9 Å². The van der Waals surface area contributed by atoms with Gasteiger partial charge in [-0.25, -0.2) is 4.39 Å². The highest BCUT2D eigenvalue weighted by Crippen LogP contribution is 2.44. The largest absolute Gasteiger partial charge is 0.495 e. The molecule has 3 heterocycles. The Morgan fingerprint density at radius 1 is 1.03 bits per heavy atom. The lowest BCUT2D eigenvalue weighted by Gasteiger charge is -2.28. The summed E-state index contributed by atoms with van der Waals surface area (Å²) >= 11 is 12.3. The van der Waals surface area contributed by atoms with Gasteiger partial charge in [0.2, 0.25) is 0 Å². The number of nitrogens with one attached hydrogen (secondary N) is 1. The van der Waals surface area contributed by atoms with Crippen LogP contribution < -0.4 is 15.0 Å². The number of thiocarbonyl (C=S) groups is 1. The molecular formula is C27H24ClFN4OS. The average molecular weight is 507 g/mol. The minimum Gasteiger partial charge on any atom is -0.495 e. The topological polar surface area (TPSA) is 42.3 Å². The van der Waals surface area contributed by atoms with Crippen LogP contribution in [0.4, 0.5) is 10.1 Å². The smallest absolute Gasteiger partial charge is 0.174 e. The van der Waals surface area contributed by atoms with Crippen molar-refractivity contribution in [2.24, 2.45) is 0 Å². The molecule has 1 aliphatic rings. The van der Waals surface area contributed by atoms with Crippen LogP contribution in [0.5, 0.6) is 5.75 Å². The summed E-state index contributed by atoms with van der Waals surface area (Å²) in [6.07, 6.45) is 1.78. The van der Waals surface area contributed by atoms with Crippen molar-refractivity contribution in [2.75, 3.05) is 12.0 Å². The Labute approximate surface area is 214 Å². The minimum absolute atomic E-state index is 0.203. The van der Waals surface area contributed by atoms with Gasteiger partial charge in [-0.1, -0.05) is 23.7 Å². The molecule has 0 saturated carbocycles. The van der Waals surface area contributed by atoms with E-state index in [-0.39, 0.29) is 17.9 Å². The SMILES string of the molecule is COc1ccc(N2C(=S)NC(c3ccccn3)C2c2cc(C)n(-c3cccc(F)c3)c2C)cc1Cl. The van der Waals surface area contributed by atoms with Gasteiger partial charge in [-0.3, -0.25) is 4.98 Å². The zero-order valence-electron chi connectivity index (χ0n) is 19.5. The fraction of sp³-hybridized carbons (Fsp3) is 0.185. The van der Waals surface area contributed by atoms with Crippen molar-refractivity contribution in [3.05, 3.63) is 106 Å². The van der Waals surface area contributed by atoms with Crippen LogP contribution in [0.2, 0.25) is 5.02 Å². The maximum absolute atomic E-state index is 14.1. The summed E-state index contributed by atoms with van der Waals surface area (Å²) in [5, 5.41) is 4.54. The first kappa shape index (κ1) is 23.3. The molecule has 0 aliphatic carbocycles. The van der Waals surface area contributed by atoms with Crippen LogP contribution in [0.15, 0.2) is 72.9 Å². The summed E-state index contributed by atoms with van der Waals surface area (Å²) in [5.74, 6) is 0.316. The van der Waals surface area contributed by atoms with Crippen molar-refractivity contribution in [3.8, 4) is 11.4 Å². The van der Waals surface area contributed by atoms with E-state index >= 15 is 0 Å². The fourth-order valence-electron chi connectivity index (χ4n) is 4.85. The highest BCUT2D eigenvalue weighted by Gasteiger charge is 2.42. The molecule has 4 aromatic rings. The van der Waals surface area contributed by atoms with Gasteiger partial charge in [-0.05, 0) is 86.2 Å². The molecule has 1 fully saturated rings. The molecule has 0 spiro atoms. The maximum Gasteiger partial charge on any atom is 0.174 e. The van der Waals surface area contributed by atoms with Crippen molar-refractivity contribution >= 4 is 34.6 Å². The number of hydrogen-bond acceptors (Lipinski definition) is 3. The predicted octanol–water partition coefficient (Wildman–Crippen LogP) is 6.47. The number of halogens is 2. The quantitative estimate of drug-likeness (QED) is 0.314. The number of methoxy groups -OCH3 is 1. The lowest BCUT2D eigenvalue weighted by molar-refractivity contribution is 0.415. The zero-order chi connectivity index (χ0) is 24.7. The molecule has 2 atom stereocenters. The first-order valence-corrected chi connectivity index (χ1v) is 12.0. The molecule has 35 heavy (non-hydrogen) atoms. The Kier molecular flexibility index (Phi) is 6.21. The molecule has 5 rings (SSSR count). The second-order valence-corrected chi connectivity index (χ2v) is 9.25. The van der Waals surface area contributed by atoms with Gasteiger partial charge < -0.3 is 19.5 Å². The normalized spacial score (nSPS) is 17.5. The van der Waals surface area contributed by atoms with Crippen LogP contribution in [-0.4, -0.2) is 21.8 Å². The average Bonchev–Trinajstić information content (AvgIpc) is 3.34. The lowest BCUT2D eigenvalue weighted by atomic mass is 9.96. The number of aryl methyl sites for hydroxylation is 1. The number of nitrogens with zero attached hydrogens (tertiary/aromatic N) is 3. The van der Waals surface area contributed by atoms with Gasteiger partial charge in [0.15, 0.2) is 5.11 Å². The number of benzene rings is 2. The van der Waals surface area contributed by atoms with Gasteiger partial charge in [0.1, 0.15) is 11.6 Å². The van der Waals surface area contributed by atoms with Gasteiger partial charge in [-0.2, -0.15) is 0 Å². The molecule has 178 valence electrons. The second-order valence-electron chi connectivity index (χ2n) is 8.46. The summed E-state index contributed by atoms with van der Waals surface area (Å²) in [7, 11) is 1.59. The van der Waals surface area contributed by atoms with Gasteiger partial charge >= 0.3 is 0 Å². The first-order valence-electron chi connectivity index (χ1n) is 11.2. The molecule has 2 aromatic heterocycles. The number of aromatic nitrogens is 2. The summed E-state index contributed by atoms with van der Waals surface area (Å²) in [6, 6.07) is 19.8. The second kappa shape index (κ2) is 9.32. The van der Waals surface area contributed by atoms with Crippen molar-refractivity contribution in [1.29, 1.82) is 0 Å². The van der Waals surface area contributed by atoms with E-state index in [1.807, 2.05) is 56.3 Å². The number of rotatable bonds is 5. The Morgan fingerprint density at radius 2 is 1.86 bits per heavy atom. The van der Waals surface area contributed by atoms with Crippen molar-refractivity contribution in [2.45, 2.75) is 25.9 Å². The van der Waals surface area contributed by atoms with Crippen LogP contribution in [0, 0.1) is 19.7 Å². The van der Waals surface area contributed by atoms with E-state index in [1.54, 1.807) is 25.4 Å². The van der Waals surface area contributed by atoms with Crippen LogP contribution in [0.3, 0.4) is 0 Å². The van der Waals surface area contributed by atoms with E-state index < -0.39 is 0 Å². The van der Waals surface area contributed by atoms with Gasteiger partial charge in [0, 0.05) is 29.0 Å². The fourth-order valence-corrected chi connectivity index (χ4v) is 5.45. The van der Waals surface area contributed by atoms with E-state index in [9.17, 15) is 4.39 Å². The summed E-state index contributed by atoms with van der Waals surface area (Å²) in [6.45, 7) is 4.07. The van der Waals surface area contributed by atoms with Crippen LogP contribution in [0.25, 0.3) is 5.69 Å². The van der Waals surface area contributed by atoms with Gasteiger partial charge in [0.25, 0.3) is 0 Å². The summed E-state index contributed by atoms with van der Waals surface area (Å²) in [4.78, 5) is 6.69. The zero-order valence-corrected chi connectivity index (χ0v) is 21.1. The van der Waals surface area contributed by atoms with Crippen LogP contribution >= 0.6 is 23.8 Å². The van der Waals surface area contributed by atoms with Crippen molar-refractivity contribution in [1.82, 2.24) is 14.9 Å². The molecule has 1 saturated heterocycles. The molecule has 1 aliphatic heterocycles. The molecular weight excluding hydrogens is 483 g/mol. The highest BCUT2D eigenvalue weighted by molar-refractivity contribution is 7.80. The van der Waals surface area contributed by atoms with Crippen LogP contribution in [0.1, 0.15) is 34.7 Å². The van der Waals surface area contributed by atoms with Gasteiger partial charge in [-0.15, -0.1) is 0 Å². The monoisotopic (exact) mass is 506 g/mol. The molecule has 0 radical (unpaired) electrons. The lowest BCUT2D eigenvalue weighted by Crippen LogP contribution is -2.29. The molecule has 1 N–H and O–H groups in total. The van der Waals surface area contributed by atoms with E-state index in [4.69, 9.17) is 28.6 Å². The maximum atomic E-state index is 14.1. The molecule has 5 nitrogen and oxygen atoms in total. The van der Waals surface area contributed by atoms with E-state index in [0.29, 0.717) is 15.9 Å². The molecule has 0 amide bonds. The van der Waals surface area contributed by atoms with E-state index in [2.05, 4.69) is 25.8 Å². The summed E-state index contributed by atoms with van der Waals surface area (Å²) < 4.78 is 21.5. The molecule has 8 heteroatoms. The third-order valence-corrected chi connectivity index (χ3v) is 6.98. The number of anilines is 1. The van der Waals surface area contributed by atoms with E-state index in [1.165, 1.54) is 6.07 Å². The molecule has 2 aromatic carbocycles. The Bertz CT molecular complexity index is 1410. The van der Waals surface area contributed by atoms with Crippen molar-refractivity contribution in [3.63, 3.8) is 0 Å². The number of ether oxygens (including phenoxy) is 1. The third-order valence-electron chi connectivity index (χ3n) is 6.37.